The summed E-state index contributed by atoms with van der Waals surface area (Å²) in [6.45, 7) is 0.424. The summed E-state index contributed by atoms with van der Waals surface area (Å²) in [6.07, 6.45) is 0.249. The molecule has 1 amide bonds. The van der Waals surface area contributed by atoms with Gasteiger partial charge in [-0.3, -0.25) is 4.79 Å². The van der Waals surface area contributed by atoms with E-state index >= 15 is 0 Å². The number of methoxy groups -OCH3 is 2. The maximum absolute atomic E-state index is 12.3. The topological polar surface area (TPSA) is 104 Å². The number of ether oxygens (including phenoxy) is 2. The first-order valence-electron chi connectivity index (χ1n) is 8.82. The Labute approximate surface area is 170 Å². The first-order chi connectivity index (χ1) is 14.2. The van der Waals surface area contributed by atoms with E-state index < -0.39 is 0 Å². The highest BCUT2D eigenvalue weighted by atomic mass is 32.1. The average molecular weight is 410 g/mol. The van der Waals surface area contributed by atoms with Gasteiger partial charge in [0.25, 0.3) is 0 Å². The molecule has 9 nitrogen and oxygen atoms in total. The summed E-state index contributed by atoms with van der Waals surface area (Å²) < 4.78 is 12.3. The zero-order valence-corrected chi connectivity index (χ0v) is 16.6. The van der Waals surface area contributed by atoms with Crippen molar-refractivity contribution >= 4 is 33.4 Å². The second-order valence-corrected chi connectivity index (χ2v) is 7.06. The minimum atomic E-state index is -0.167. The molecule has 0 bridgehead atoms. The Balaban J connectivity index is 1.40. The molecule has 0 unspecified atom stereocenters. The molecule has 0 radical (unpaired) electrons. The predicted octanol–water partition coefficient (Wildman–Crippen LogP) is 3.00. The van der Waals surface area contributed by atoms with Crippen LogP contribution in [0.4, 0.5) is 5.13 Å². The molecule has 2 aromatic carbocycles. The van der Waals surface area contributed by atoms with Gasteiger partial charge in [0.1, 0.15) is 10.5 Å². The molecule has 4 rings (SSSR count). The van der Waals surface area contributed by atoms with Crippen LogP contribution in [0.1, 0.15) is 6.42 Å². The molecule has 0 fully saturated rings. The Morgan fingerprint density at radius 3 is 2.72 bits per heavy atom. The fourth-order valence-electron chi connectivity index (χ4n) is 2.83. The van der Waals surface area contributed by atoms with Crippen LogP contribution in [-0.4, -0.2) is 45.3 Å². The maximum Gasteiger partial charge on any atom is 0.228 e. The van der Waals surface area contributed by atoms with E-state index in [1.165, 1.54) is 11.3 Å². The van der Waals surface area contributed by atoms with Crippen molar-refractivity contribution in [3.63, 3.8) is 0 Å². The number of amides is 1. The molecule has 0 aliphatic heterocycles. The van der Waals surface area contributed by atoms with E-state index in [1.807, 2.05) is 36.4 Å². The van der Waals surface area contributed by atoms with E-state index in [-0.39, 0.29) is 12.3 Å². The van der Waals surface area contributed by atoms with Crippen LogP contribution in [0, 0.1) is 0 Å². The smallest absolute Gasteiger partial charge is 0.228 e. The molecular weight excluding hydrogens is 392 g/mol. The van der Waals surface area contributed by atoms with Gasteiger partial charge >= 0.3 is 0 Å². The zero-order chi connectivity index (χ0) is 20.2. The summed E-state index contributed by atoms with van der Waals surface area (Å²) in [5.74, 6) is 1.07. The molecule has 0 saturated heterocycles. The normalized spacial score (nSPS) is 10.8. The minimum absolute atomic E-state index is 0.167. The fraction of sp³-hybridized carbons (Fsp3) is 0.211. The van der Waals surface area contributed by atoms with Gasteiger partial charge in [-0.05, 0) is 30.3 Å². The molecule has 148 valence electrons. The Kier molecular flexibility index (Phi) is 5.34. The number of anilines is 1. The van der Waals surface area contributed by atoms with Crippen molar-refractivity contribution in [2.45, 2.75) is 13.0 Å². The lowest BCUT2D eigenvalue weighted by molar-refractivity contribution is -0.116. The Morgan fingerprint density at radius 2 is 1.90 bits per heavy atom. The summed E-state index contributed by atoms with van der Waals surface area (Å²) in [7, 11) is 3.16. The van der Waals surface area contributed by atoms with E-state index in [1.54, 1.807) is 25.0 Å². The monoisotopic (exact) mass is 410 g/mol. The van der Waals surface area contributed by atoms with E-state index in [9.17, 15) is 4.79 Å². The number of hydrogen-bond donors (Lipinski definition) is 1. The van der Waals surface area contributed by atoms with Gasteiger partial charge in [-0.2, -0.15) is 0 Å². The number of benzene rings is 2. The maximum atomic E-state index is 12.3. The molecular formula is C19H18N6O3S. The lowest BCUT2D eigenvalue weighted by atomic mass is 10.2. The molecule has 0 spiro atoms. The molecule has 4 aromatic rings. The van der Waals surface area contributed by atoms with Gasteiger partial charge < -0.3 is 14.8 Å². The van der Waals surface area contributed by atoms with Crippen LogP contribution in [-0.2, 0) is 11.3 Å². The van der Waals surface area contributed by atoms with Gasteiger partial charge in [0.2, 0.25) is 11.0 Å². The minimum Gasteiger partial charge on any atom is -0.493 e. The van der Waals surface area contributed by atoms with Gasteiger partial charge in [-0.1, -0.05) is 28.7 Å². The van der Waals surface area contributed by atoms with Crippen LogP contribution in [0.25, 0.3) is 21.6 Å². The van der Waals surface area contributed by atoms with Crippen LogP contribution in [0.3, 0.4) is 0 Å². The number of nitrogens with zero attached hydrogens (tertiary/aromatic N) is 5. The molecule has 2 heterocycles. The quantitative estimate of drug-likeness (QED) is 0.499. The number of para-hydroxylation sites is 1. The lowest BCUT2D eigenvalue weighted by Gasteiger charge is -2.07. The van der Waals surface area contributed by atoms with Gasteiger partial charge in [0.05, 0.1) is 26.3 Å². The third-order valence-corrected chi connectivity index (χ3v) is 5.16. The van der Waals surface area contributed by atoms with Crippen molar-refractivity contribution < 1.29 is 14.3 Å². The number of carbonyl (C=O) groups is 1. The standard InChI is InChI=1S/C19H18N6O3S/c1-27-15-8-7-12(11-16(15)28-2)18-22-23-19(29-18)20-17(26)9-10-25-14-6-4-3-5-13(14)21-24-25/h3-8,11H,9-10H2,1-2H3,(H,20,23,26). The molecule has 1 N–H and O–H groups in total. The van der Waals surface area contributed by atoms with Crippen molar-refractivity contribution in [2.24, 2.45) is 0 Å². The van der Waals surface area contributed by atoms with Crippen molar-refractivity contribution in [3.8, 4) is 22.1 Å². The third kappa shape index (κ3) is 4.02. The van der Waals surface area contributed by atoms with Gasteiger partial charge in [0.15, 0.2) is 11.5 Å². The number of nitrogens with one attached hydrogen (secondary N) is 1. The van der Waals surface area contributed by atoms with E-state index in [0.29, 0.717) is 28.2 Å². The first kappa shape index (κ1) is 18.8. The molecule has 29 heavy (non-hydrogen) atoms. The second-order valence-electron chi connectivity index (χ2n) is 6.08. The van der Waals surface area contributed by atoms with Gasteiger partial charge in [-0.15, -0.1) is 15.3 Å². The number of rotatable bonds is 7. The van der Waals surface area contributed by atoms with Gasteiger partial charge in [0, 0.05) is 12.0 Å². The number of carbonyl (C=O) groups excluding carboxylic acids is 1. The van der Waals surface area contributed by atoms with E-state index in [2.05, 4.69) is 25.8 Å². The van der Waals surface area contributed by atoms with E-state index in [0.717, 1.165) is 16.6 Å². The number of hydrogen-bond acceptors (Lipinski definition) is 8. The predicted molar refractivity (Wildman–Crippen MR) is 109 cm³/mol. The SMILES string of the molecule is COc1ccc(-c2nnc(NC(=O)CCn3nnc4ccccc43)s2)cc1OC. The van der Waals surface area contributed by atoms with Crippen molar-refractivity contribution in [1.29, 1.82) is 0 Å². The van der Waals surface area contributed by atoms with Crippen molar-refractivity contribution in [2.75, 3.05) is 19.5 Å². The Bertz CT molecular complexity index is 1160. The Hall–Kier alpha value is -3.53. The fourth-order valence-corrected chi connectivity index (χ4v) is 3.59. The number of aromatic nitrogens is 5. The number of aryl methyl sites for hydroxylation is 1. The summed E-state index contributed by atoms with van der Waals surface area (Å²) in [4.78, 5) is 12.3. The molecule has 0 aliphatic carbocycles. The molecule has 0 atom stereocenters. The van der Waals surface area contributed by atoms with Crippen LogP contribution < -0.4 is 14.8 Å². The average Bonchev–Trinajstić information content (AvgIpc) is 3.39. The highest BCUT2D eigenvalue weighted by Crippen LogP contribution is 2.34. The molecule has 2 aromatic heterocycles. The number of fused-ring (bicyclic) bond motifs is 1. The second kappa shape index (κ2) is 8.23. The molecule has 0 saturated carbocycles. The largest absolute Gasteiger partial charge is 0.493 e. The highest BCUT2D eigenvalue weighted by Gasteiger charge is 2.13. The zero-order valence-electron chi connectivity index (χ0n) is 15.8. The van der Waals surface area contributed by atoms with Crippen molar-refractivity contribution in [1.82, 2.24) is 25.2 Å². The summed E-state index contributed by atoms with van der Waals surface area (Å²) >= 11 is 1.29. The van der Waals surface area contributed by atoms with Crippen molar-refractivity contribution in [3.05, 3.63) is 42.5 Å². The lowest BCUT2D eigenvalue weighted by Crippen LogP contribution is -2.15. The summed E-state index contributed by atoms with van der Waals surface area (Å²) in [6, 6.07) is 13.1. The summed E-state index contributed by atoms with van der Waals surface area (Å²) in [5, 5.41) is 20.3. The third-order valence-electron chi connectivity index (χ3n) is 4.27. The van der Waals surface area contributed by atoms with Crippen LogP contribution in [0.2, 0.25) is 0 Å². The van der Waals surface area contributed by atoms with Gasteiger partial charge in [-0.25, -0.2) is 4.68 Å². The van der Waals surface area contributed by atoms with Crippen LogP contribution in [0.15, 0.2) is 42.5 Å². The highest BCUT2D eigenvalue weighted by molar-refractivity contribution is 7.18. The van der Waals surface area contributed by atoms with Crippen LogP contribution in [0.5, 0.6) is 11.5 Å². The first-order valence-corrected chi connectivity index (χ1v) is 9.63. The molecule has 10 heteroatoms. The van der Waals surface area contributed by atoms with E-state index in [4.69, 9.17) is 9.47 Å². The summed E-state index contributed by atoms with van der Waals surface area (Å²) in [5.41, 5.74) is 2.53. The Morgan fingerprint density at radius 1 is 1.07 bits per heavy atom. The molecule has 0 aliphatic rings. The van der Waals surface area contributed by atoms with Crippen LogP contribution >= 0.6 is 11.3 Å².